The minimum Gasteiger partial charge on any atom is -0.547 e. The van der Waals surface area contributed by atoms with E-state index < -0.39 is 17.7 Å². The topological polar surface area (TPSA) is 49.4 Å². The minimum atomic E-state index is -1.13. The zero-order valence-corrected chi connectivity index (χ0v) is 10.5. The molecule has 1 fully saturated rings. The summed E-state index contributed by atoms with van der Waals surface area (Å²) in [5.74, 6) is -1.24. The summed E-state index contributed by atoms with van der Waals surface area (Å²) in [6.07, 6.45) is -0.132. The van der Waals surface area contributed by atoms with E-state index >= 15 is 0 Å². The van der Waals surface area contributed by atoms with E-state index in [0.717, 1.165) is 5.56 Å². The summed E-state index contributed by atoms with van der Waals surface area (Å²) < 4.78 is 5.52. The third-order valence-corrected chi connectivity index (χ3v) is 2.98. The molecule has 1 saturated heterocycles. The van der Waals surface area contributed by atoms with E-state index in [-0.39, 0.29) is 24.8 Å². The predicted octanol–water partition coefficient (Wildman–Crippen LogP) is -1.91. The number of carbonyl (C=O) groups is 1. The Hall–Kier alpha value is -0.753. The van der Waals surface area contributed by atoms with Crippen LogP contribution in [0.4, 0.5) is 0 Å². The number of carbonyl (C=O) groups excluding carboxylic acids is 1. The summed E-state index contributed by atoms with van der Waals surface area (Å²) in [5, 5.41) is 11.0. The molecule has 0 amide bonds. The fourth-order valence-corrected chi connectivity index (χ4v) is 2.32. The Kier molecular flexibility index (Phi) is 4.43. The van der Waals surface area contributed by atoms with Gasteiger partial charge in [-0.1, -0.05) is 30.3 Å². The first kappa shape index (κ1) is 14.3. The van der Waals surface area contributed by atoms with E-state index in [1.54, 1.807) is 0 Å². The van der Waals surface area contributed by atoms with Gasteiger partial charge in [0.15, 0.2) is 0 Å². The van der Waals surface area contributed by atoms with Crippen molar-refractivity contribution in [3.63, 3.8) is 0 Å². The maximum Gasteiger partial charge on any atom is 1.00 e. The molecule has 1 aromatic rings. The molecule has 0 aromatic heterocycles. The molecule has 3 nitrogen and oxygen atoms in total. The van der Waals surface area contributed by atoms with E-state index in [0.29, 0.717) is 6.42 Å². The molecular weight excluding hydrogens is 211 g/mol. The van der Waals surface area contributed by atoms with Crippen LogP contribution in [0.1, 0.15) is 31.7 Å². The van der Waals surface area contributed by atoms with Crippen molar-refractivity contribution in [1.29, 1.82) is 0 Å². The van der Waals surface area contributed by atoms with Crippen LogP contribution >= 0.6 is 0 Å². The number of ether oxygens (including phenoxy) is 1. The van der Waals surface area contributed by atoms with Crippen molar-refractivity contribution < 1.29 is 33.5 Å². The van der Waals surface area contributed by atoms with Gasteiger partial charge in [-0.2, -0.15) is 0 Å². The first-order chi connectivity index (χ1) is 7.49. The second-order valence-corrected chi connectivity index (χ2v) is 4.84. The van der Waals surface area contributed by atoms with Gasteiger partial charge in [-0.25, -0.2) is 0 Å². The molecule has 0 bridgehead atoms. The van der Waals surface area contributed by atoms with Crippen molar-refractivity contribution in [1.82, 2.24) is 0 Å². The van der Waals surface area contributed by atoms with Gasteiger partial charge in [-0.05, 0) is 25.8 Å². The van der Waals surface area contributed by atoms with Crippen molar-refractivity contribution >= 4 is 5.97 Å². The number of rotatable bonds is 2. The maximum atomic E-state index is 11.0. The van der Waals surface area contributed by atoms with Crippen molar-refractivity contribution in [2.75, 3.05) is 0 Å². The standard InChI is InChI=1S/C13H16O3.Li/c1-13(2)8-10(11(16-13)12(14)15)9-6-4-3-5-7-9;/h3-7,10-11H,8H2,1-2H3,(H,14,15);/q;+1/p-1. The molecule has 4 heteroatoms. The largest absolute Gasteiger partial charge is 1.00 e. The summed E-state index contributed by atoms with van der Waals surface area (Å²) in [5.41, 5.74) is 0.605. The second-order valence-electron chi connectivity index (χ2n) is 4.84. The molecule has 0 aliphatic carbocycles. The van der Waals surface area contributed by atoms with Crippen LogP contribution in [0.2, 0.25) is 0 Å². The molecule has 1 aliphatic heterocycles. The number of carboxylic acids is 1. The molecular formula is C13H15LiO3. The number of hydrogen-bond donors (Lipinski definition) is 0. The molecule has 2 unspecified atom stereocenters. The van der Waals surface area contributed by atoms with Crippen molar-refractivity contribution in [3.05, 3.63) is 35.9 Å². The Balaban J connectivity index is 0.00000144. The quantitative estimate of drug-likeness (QED) is 0.553. The molecule has 2 rings (SSSR count). The van der Waals surface area contributed by atoms with Gasteiger partial charge in [-0.15, -0.1) is 0 Å². The van der Waals surface area contributed by atoms with Gasteiger partial charge < -0.3 is 14.6 Å². The predicted molar refractivity (Wildman–Crippen MR) is 57.8 cm³/mol. The normalized spacial score (nSPS) is 26.2. The van der Waals surface area contributed by atoms with Crippen LogP contribution in [0.5, 0.6) is 0 Å². The summed E-state index contributed by atoms with van der Waals surface area (Å²) in [6, 6.07) is 9.61. The fourth-order valence-electron chi connectivity index (χ4n) is 2.32. The Labute approximate surface area is 113 Å². The molecule has 0 spiro atoms. The van der Waals surface area contributed by atoms with Gasteiger partial charge in [0.25, 0.3) is 0 Å². The molecule has 0 saturated carbocycles. The number of hydrogen-bond acceptors (Lipinski definition) is 3. The average Bonchev–Trinajstić information content (AvgIpc) is 2.56. The van der Waals surface area contributed by atoms with Crippen molar-refractivity contribution in [2.24, 2.45) is 0 Å². The van der Waals surface area contributed by atoms with Crippen LogP contribution in [-0.4, -0.2) is 17.7 Å². The number of aliphatic carboxylic acids is 1. The van der Waals surface area contributed by atoms with E-state index in [4.69, 9.17) is 4.74 Å². The summed E-state index contributed by atoms with van der Waals surface area (Å²) in [7, 11) is 0. The summed E-state index contributed by atoms with van der Waals surface area (Å²) in [4.78, 5) is 11.0. The molecule has 0 radical (unpaired) electrons. The smallest absolute Gasteiger partial charge is 0.547 e. The summed E-state index contributed by atoms with van der Waals surface area (Å²) in [6.45, 7) is 3.82. The SMILES string of the molecule is CC1(C)CC(c2ccccc2)C(C(=O)[O-])O1.[Li+]. The first-order valence-corrected chi connectivity index (χ1v) is 5.43. The zero-order chi connectivity index (χ0) is 11.8. The fraction of sp³-hybridized carbons (Fsp3) is 0.462. The second kappa shape index (κ2) is 5.26. The third-order valence-electron chi connectivity index (χ3n) is 2.98. The maximum absolute atomic E-state index is 11.0. The van der Waals surface area contributed by atoms with Crippen LogP contribution in [0.25, 0.3) is 0 Å². The number of carboxylic acid groups (broad SMARTS) is 1. The molecule has 1 aromatic carbocycles. The van der Waals surface area contributed by atoms with Crippen LogP contribution < -0.4 is 24.0 Å². The third kappa shape index (κ3) is 3.13. The van der Waals surface area contributed by atoms with E-state index in [1.807, 2.05) is 44.2 Å². The zero-order valence-electron chi connectivity index (χ0n) is 10.5. The van der Waals surface area contributed by atoms with Gasteiger partial charge in [-0.3, -0.25) is 0 Å². The van der Waals surface area contributed by atoms with Gasteiger partial charge >= 0.3 is 18.9 Å². The molecule has 17 heavy (non-hydrogen) atoms. The van der Waals surface area contributed by atoms with E-state index in [1.165, 1.54) is 0 Å². The molecule has 0 N–H and O–H groups in total. The van der Waals surface area contributed by atoms with Crippen LogP contribution in [0.3, 0.4) is 0 Å². The first-order valence-electron chi connectivity index (χ1n) is 5.43. The molecule has 2 atom stereocenters. The van der Waals surface area contributed by atoms with Gasteiger partial charge in [0.05, 0.1) is 11.6 Å². The van der Waals surface area contributed by atoms with Gasteiger partial charge in [0.2, 0.25) is 0 Å². The Bertz CT molecular complexity index is 389. The minimum absolute atomic E-state index is 0. The number of benzene rings is 1. The van der Waals surface area contributed by atoms with Crippen LogP contribution in [-0.2, 0) is 9.53 Å². The summed E-state index contributed by atoms with van der Waals surface area (Å²) >= 11 is 0. The van der Waals surface area contributed by atoms with Crippen molar-refractivity contribution in [3.8, 4) is 0 Å². The Morgan fingerprint density at radius 1 is 1.35 bits per heavy atom. The van der Waals surface area contributed by atoms with Crippen LogP contribution in [0.15, 0.2) is 30.3 Å². The van der Waals surface area contributed by atoms with Gasteiger partial charge in [0.1, 0.15) is 6.10 Å². The van der Waals surface area contributed by atoms with Crippen molar-refractivity contribution in [2.45, 2.75) is 37.9 Å². The monoisotopic (exact) mass is 226 g/mol. The van der Waals surface area contributed by atoms with E-state index in [2.05, 4.69) is 0 Å². The van der Waals surface area contributed by atoms with Crippen LogP contribution in [0, 0.1) is 0 Å². The van der Waals surface area contributed by atoms with Gasteiger partial charge in [0, 0.05) is 5.92 Å². The molecule has 86 valence electrons. The Morgan fingerprint density at radius 2 is 1.94 bits per heavy atom. The average molecular weight is 226 g/mol. The molecule has 1 heterocycles. The van der Waals surface area contributed by atoms with E-state index in [9.17, 15) is 9.90 Å². The molecule has 1 aliphatic rings. The Morgan fingerprint density at radius 3 is 2.47 bits per heavy atom.